The average molecular weight is 392 g/mol. The van der Waals surface area contributed by atoms with Gasteiger partial charge in [-0.3, -0.25) is 4.79 Å². The first-order valence-corrected chi connectivity index (χ1v) is 9.03. The van der Waals surface area contributed by atoms with E-state index in [2.05, 4.69) is 21.5 Å². The number of rotatable bonds is 8. The molecule has 0 radical (unpaired) electrons. The molecule has 0 unspecified atom stereocenters. The molecule has 1 aromatic heterocycles. The summed E-state index contributed by atoms with van der Waals surface area (Å²) in [6.45, 7) is 4.15. The summed E-state index contributed by atoms with van der Waals surface area (Å²) in [7, 11) is 0. The second-order valence-electron chi connectivity index (χ2n) is 6.61. The molecule has 29 heavy (non-hydrogen) atoms. The zero-order chi connectivity index (χ0) is 20.8. The van der Waals surface area contributed by atoms with Gasteiger partial charge in [-0.25, -0.2) is 0 Å². The van der Waals surface area contributed by atoms with Gasteiger partial charge in [0.25, 0.3) is 5.89 Å². The van der Waals surface area contributed by atoms with Gasteiger partial charge in [-0.15, -0.1) is 0 Å². The van der Waals surface area contributed by atoms with Crippen LogP contribution in [0, 0.1) is 11.3 Å². The van der Waals surface area contributed by atoms with Crippen molar-refractivity contribution in [3.8, 4) is 34.7 Å². The van der Waals surface area contributed by atoms with E-state index >= 15 is 0 Å². The Hall–Kier alpha value is -3.70. The second kappa shape index (κ2) is 8.99. The number of aromatic nitrogens is 2. The fourth-order valence-electron chi connectivity index (χ4n) is 2.65. The quantitative estimate of drug-likeness (QED) is 0.599. The van der Waals surface area contributed by atoms with Crippen molar-refractivity contribution in [1.82, 2.24) is 15.5 Å². The first kappa shape index (κ1) is 20.0. The Kier molecular flexibility index (Phi) is 6.22. The summed E-state index contributed by atoms with van der Waals surface area (Å²) in [5.74, 6) is 0.341. The molecule has 0 amide bonds. The zero-order valence-electron chi connectivity index (χ0n) is 16.0. The number of nitriles is 1. The highest BCUT2D eigenvalue weighted by atomic mass is 16.5. The number of nitrogens with one attached hydrogen (secondary N) is 1. The van der Waals surface area contributed by atoms with Crippen LogP contribution in [0.5, 0.6) is 5.75 Å². The van der Waals surface area contributed by atoms with E-state index in [-0.39, 0.29) is 12.6 Å². The summed E-state index contributed by atoms with van der Waals surface area (Å²) in [5.41, 5.74) is 2.74. The molecular formula is C21H20N4O4. The standard InChI is InChI=1S/C21H20N4O4/c1-13(2)28-18-8-7-16(9-17(18)10-22)21-24-20(25-29-21)15-5-3-14(4-6-15)11-23-12-19(26)27/h3-9,13,23H,11-12H2,1-2H3,(H,26,27). The van der Waals surface area contributed by atoms with Crippen LogP contribution in [-0.4, -0.2) is 33.9 Å². The molecule has 8 nitrogen and oxygen atoms in total. The predicted molar refractivity (Wildman–Crippen MR) is 105 cm³/mol. The van der Waals surface area contributed by atoms with Gasteiger partial charge in [0, 0.05) is 17.7 Å². The maximum atomic E-state index is 10.5. The van der Waals surface area contributed by atoms with Crippen molar-refractivity contribution >= 4 is 5.97 Å². The maximum Gasteiger partial charge on any atom is 0.317 e. The second-order valence-corrected chi connectivity index (χ2v) is 6.61. The highest BCUT2D eigenvalue weighted by Crippen LogP contribution is 2.27. The fourth-order valence-corrected chi connectivity index (χ4v) is 2.65. The Bertz CT molecular complexity index is 1040. The Morgan fingerprint density at radius 1 is 1.24 bits per heavy atom. The molecule has 0 aliphatic rings. The molecule has 0 spiro atoms. The van der Waals surface area contributed by atoms with Gasteiger partial charge in [-0.05, 0) is 37.6 Å². The molecule has 3 rings (SSSR count). The predicted octanol–water partition coefficient (Wildman–Crippen LogP) is 3.24. The maximum absolute atomic E-state index is 10.5. The largest absolute Gasteiger partial charge is 0.490 e. The number of carbonyl (C=O) groups is 1. The van der Waals surface area contributed by atoms with Gasteiger partial charge in [0.1, 0.15) is 11.8 Å². The molecule has 2 aromatic carbocycles. The van der Waals surface area contributed by atoms with Crippen LogP contribution in [0.4, 0.5) is 0 Å². The van der Waals surface area contributed by atoms with Crippen LogP contribution in [0.15, 0.2) is 47.0 Å². The molecule has 8 heteroatoms. The minimum Gasteiger partial charge on any atom is -0.490 e. The van der Waals surface area contributed by atoms with Crippen molar-refractivity contribution < 1.29 is 19.2 Å². The van der Waals surface area contributed by atoms with Gasteiger partial charge in [-0.2, -0.15) is 10.2 Å². The van der Waals surface area contributed by atoms with E-state index in [0.29, 0.717) is 35.1 Å². The molecule has 0 saturated carbocycles. The molecule has 0 aliphatic heterocycles. The lowest BCUT2D eigenvalue weighted by atomic mass is 10.1. The van der Waals surface area contributed by atoms with Gasteiger partial charge in [0.15, 0.2) is 0 Å². The lowest BCUT2D eigenvalue weighted by molar-refractivity contribution is -0.136. The summed E-state index contributed by atoms with van der Waals surface area (Å²) in [6.07, 6.45) is -0.0368. The van der Waals surface area contributed by atoms with Crippen molar-refractivity contribution in [3.05, 3.63) is 53.6 Å². The highest BCUT2D eigenvalue weighted by molar-refractivity contribution is 5.69. The van der Waals surface area contributed by atoms with Crippen LogP contribution in [0.1, 0.15) is 25.0 Å². The number of ether oxygens (including phenoxy) is 1. The van der Waals surface area contributed by atoms with E-state index in [4.69, 9.17) is 14.4 Å². The first-order chi connectivity index (χ1) is 14.0. The molecule has 0 aliphatic carbocycles. The number of nitrogens with zero attached hydrogens (tertiary/aromatic N) is 3. The number of hydrogen-bond acceptors (Lipinski definition) is 7. The van der Waals surface area contributed by atoms with Crippen molar-refractivity contribution in [2.45, 2.75) is 26.5 Å². The molecule has 0 fully saturated rings. The summed E-state index contributed by atoms with van der Waals surface area (Å²) >= 11 is 0. The molecular weight excluding hydrogens is 372 g/mol. The van der Waals surface area contributed by atoms with Gasteiger partial charge in [0.05, 0.1) is 18.2 Å². The fraction of sp³-hybridized carbons (Fsp3) is 0.238. The van der Waals surface area contributed by atoms with Crippen molar-refractivity contribution in [3.63, 3.8) is 0 Å². The smallest absolute Gasteiger partial charge is 0.317 e. The van der Waals surface area contributed by atoms with Gasteiger partial charge >= 0.3 is 5.97 Å². The number of carboxylic acids is 1. The van der Waals surface area contributed by atoms with E-state index in [9.17, 15) is 10.1 Å². The first-order valence-electron chi connectivity index (χ1n) is 9.03. The van der Waals surface area contributed by atoms with Crippen LogP contribution < -0.4 is 10.1 Å². The minimum atomic E-state index is -0.899. The van der Waals surface area contributed by atoms with E-state index in [1.54, 1.807) is 18.2 Å². The highest BCUT2D eigenvalue weighted by Gasteiger charge is 2.14. The third kappa shape index (κ3) is 5.18. The Balaban J connectivity index is 1.75. The van der Waals surface area contributed by atoms with Crippen LogP contribution >= 0.6 is 0 Å². The summed E-state index contributed by atoms with van der Waals surface area (Å²) in [4.78, 5) is 15.0. The Morgan fingerprint density at radius 3 is 2.62 bits per heavy atom. The normalized spacial score (nSPS) is 10.7. The van der Waals surface area contributed by atoms with Crippen LogP contribution in [0.3, 0.4) is 0 Å². The number of carboxylic acid groups (broad SMARTS) is 1. The molecule has 2 N–H and O–H groups in total. The monoisotopic (exact) mass is 392 g/mol. The summed E-state index contributed by atoms with van der Waals surface area (Å²) in [5, 5.41) is 24.9. The van der Waals surface area contributed by atoms with E-state index < -0.39 is 5.97 Å². The van der Waals surface area contributed by atoms with Gasteiger partial charge in [-0.1, -0.05) is 29.4 Å². The SMILES string of the molecule is CC(C)Oc1ccc(-c2nc(-c3ccc(CNCC(=O)O)cc3)no2)cc1C#N. The van der Waals surface area contributed by atoms with Crippen molar-refractivity contribution in [2.75, 3.05) is 6.54 Å². The third-order valence-electron chi connectivity index (χ3n) is 3.95. The lowest BCUT2D eigenvalue weighted by Gasteiger charge is -2.11. The molecule has 148 valence electrons. The third-order valence-corrected chi connectivity index (χ3v) is 3.95. The Morgan fingerprint density at radius 2 is 1.97 bits per heavy atom. The molecule has 1 heterocycles. The van der Waals surface area contributed by atoms with Crippen LogP contribution in [0.25, 0.3) is 22.8 Å². The van der Waals surface area contributed by atoms with Crippen molar-refractivity contribution in [2.24, 2.45) is 0 Å². The lowest BCUT2D eigenvalue weighted by Crippen LogP contribution is -2.21. The minimum absolute atomic E-state index is 0.0368. The van der Waals surface area contributed by atoms with Gasteiger partial charge in [0.2, 0.25) is 5.82 Å². The molecule has 0 saturated heterocycles. The van der Waals surface area contributed by atoms with E-state index in [1.165, 1.54) is 0 Å². The van der Waals surface area contributed by atoms with Crippen LogP contribution in [0.2, 0.25) is 0 Å². The average Bonchev–Trinajstić information content (AvgIpc) is 3.18. The molecule has 0 atom stereocenters. The molecule has 0 bridgehead atoms. The van der Waals surface area contributed by atoms with Crippen molar-refractivity contribution in [1.29, 1.82) is 5.26 Å². The molecule has 3 aromatic rings. The van der Waals surface area contributed by atoms with E-state index in [1.807, 2.05) is 38.1 Å². The summed E-state index contributed by atoms with van der Waals surface area (Å²) in [6, 6.07) is 14.7. The van der Waals surface area contributed by atoms with E-state index in [0.717, 1.165) is 11.1 Å². The number of aliphatic carboxylic acids is 1. The van der Waals surface area contributed by atoms with Crippen LogP contribution in [-0.2, 0) is 11.3 Å². The number of hydrogen-bond donors (Lipinski definition) is 2. The zero-order valence-corrected chi connectivity index (χ0v) is 16.0. The van der Waals surface area contributed by atoms with Gasteiger partial charge < -0.3 is 19.7 Å². The Labute approximate surface area is 167 Å². The summed E-state index contributed by atoms with van der Waals surface area (Å²) < 4.78 is 11.0. The number of benzene rings is 2. The topological polar surface area (TPSA) is 121 Å².